The molecule has 5 heteroatoms. The number of thioether (sulfide) groups is 1. The molecule has 0 aliphatic heterocycles. The minimum atomic E-state index is -0.570. The van der Waals surface area contributed by atoms with Gasteiger partial charge in [0.1, 0.15) is 6.04 Å². The topological polar surface area (TPSA) is 49.4 Å². The van der Waals surface area contributed by atoms with Crippen LogP contribution in [0.1, 0.15) is 35.6 Å². The Kier molecular flexibility index (Phi) is 9.77. The van der Waals surface area contributed by atoms with Crippen LogP contribution in [0, 0.1) is 13.8 Å². The number of hydrogen-bond donors (Lipinski definition) is 1. The van der Waals surface area contributed by atoms with Gasteiger partial charge in [0.15, 0.2) is 0 Å². The van der Waals surface area contributed by atoms with E-state index < -0.39 is 6.04 Å². The fourth-order valence-corrected chi connectivity index (χ4v) is 4.73. The molecule has 0 unspecified atom stereocenters. The zero-order valence-corrected chi connectivity index (χ0v) is 21.1. The predicted molar refractivity (Wildman–Crippen MR) is 141 cm³/mol. The quantitative estimate of drug-likeness (QED) is 0.370. The van der Waals surface area contributed by atoms with Gasteiger partial charge in [0.2, 0.25) is 11.8 Å². The molecule has 178 valence electrons. The first-order chi connectivity index (χ1) is 16.5. The van der Waals surface area contributed by atoms with Gasteiger partial charge in [-0.25, -0.2) is 0 Å². The maximum absolute atomic E-state index is 13.5. The number of nitrogens with one attached hydrogen (secondary N) is 1. The van der Waals surface area contributed by atoms with E-state index in [-0.39, 0.29) is 11.8 Å². The van der Waals surface area contributed by atoms with E-state index in [2.05, 4.69) is 42.6 Å². The Morgan fingerprint density at radius 2 is 1.59 bits per heavy atom. The van der Waals surface area contributed by atoms with Gasteiger partial charge in [0.05, 0.1) is 0 Å². The summed E-state index contributed by atoms with van der Waals surface area (Å²) in [6.45, 7) is 6.95. The molecule has 0 aliphatic carbocycles. The summed E-state index contributed by atoms with van der Waals surface area (Å²) >= 11 is 1.67. The molecule has 1 atom stereocenters. The van der Waals surface area contributed by atoms with E-state index in [1.807, 2.05) is 62.4 Å². The highest BCUT2D eigenvalue weighted by atomic mass is 32.2. The Hall–Kier alpha value is -3.05. The Labute approximate surface area is 207 Å². The van der Waals surface area contributed by atoms with Crippen LogP contribution in [0.4, 0.5) is 0 Å². The van der Waals surface area contributed by atoms with Crippen molar-refractivity contribution in [3.63, 3.8) is 0 Å². The number of rotatable bonds is 11. The molecule has 0 radical (unpaired) electrons. The lowest BCUT2D eigenvalue weighted by Gasteiger charge is -2.31. The molecule has 0 fully saturated rings. The first kappa shape index (κ1) is 25.6. The van der Waals surface area contributed by atoms with Gasteiger partial charge in [-0.15, -0.1) is 11.8 Å². The Morgan fingerprint density at radius 1 is 0.882 bits per heavy atom. The number of nitrogens with zero attached hydrogens (tertiary/aromatic N) is 1. The lowest BCUT2D eigenvalue weighted by molar-refractivity contribution is -0.140. The minimum absolute atomic E-state index is 0.00620. The molecule has 3 rings (SSSR count). The molecule has 34 heavy (non-hydrogen) atoms. The van der Waals surface area contributed by atoms with Crippen LogP contribution >= 0.6 is 11.8 Å². The van der Waals surface area contributed by atoms with Crippen LogP contribution in [0.3, 0.4) is 0 Å². The molecule has 3 aromatic carbocycles. The summed E-state index contributed by atoms with van der Waals surface area (Å²) in [4.78, 5) is 29.6. The van der Waals surface area contributed by atoms with Crippen molar-refractivity contribution in [2.75, 3.05) is 12.3 Å². The smallest absolute Gasteiger partial charge is 0.243 e. The van der Waals surface area contributed by atoms with E-state index in [9.17, 15) is 9.59 Å². The molecule has 0 heterocycles. The van der Waals surface area contributed by atoms with Crippen LogP contribution in [-0.4, -0.2) is 35.1 Å². The normalized spacial score (nSPS) is 11.6. The van der Waals surface area contributed by atoms with Crippen LogP contribution in [0.25, 0.3) is 0 Å². The SMILES string of the molecule is CCNC(=O)[C@H](Cc1ccccc1)N(Cc1cccc(C)c1)C(=O)CCSc1ccc(C)cc1. The van der Waals surface area contributed by atoms with Crippen LogP contribution in [-0.2, 0) is 22.6 Å². The van der Waals surface area contributed by atoms with Crippen LogP contribution in [0.15, 0.2) is 83.8 Å². The fraction of sp³-hybridized carbons (Fsp3) is 0.310. The van der Waals surface area contributed by atoms with Gasteiger partial charge in [-0.2, -0.15) is 0 Å². The lowest BCUT2D eigenvalue weighted by atomic mass is 10.0. The molecule has 0 saturated heterocycles. The van der Waals surface area contributed by atoms with Crippen molar-refractivity contribution in [3.8, 4) is 0 Å². The molecule has 0 saturated carbocycles. The van der Waals surface area contributed by atoms with Crippen molar-refractivity contribution in [2.24, 2.45) is 0 Å². The number of hydrogen-bond acceptors (Lipinski definition) is 3. The van der Waals surface area contributed by atoms with Crippen molar-refractivity contribution >= 4 is 23.6 Å². The second-order valence-electron chi connectivity index (χ2n) is 8.52. The maximum atomic E-state index is 13.5. The lowest BCUT2D eigenvalue weighted by Crippen LogP contribution is -2.50. The van der Waals surface area contributed by atoms with E-state index in [1.165, 1.54) is 5.56 Å². The first-order valence-corrected chi connectivity index (χ1v) is 12.8. The van der Waals surface area contributed by atoms with Gasteiger partial charge in [-0.05, 0) is 44.0 Å². The Morgan fingerprint density at radius 3 is 2.26 bits per heavy atom. The van der Waals surface area contributed by atoms with Crippen LogP contribution in [0.5, 0.6) is 0 Å². The van der Waals surface area contributed by atoms with E-state index in [0.717, 1.165) is 21.6 Å². The second-order valence-corrected chi connectivity index (χ2v) is 9.69. The van der Waals surface area contributed by atoms with Crippen LogP contribution in [0.2, 0.25) is 0 Å². The number of aryl methyl sites for hydroxylation is 2. The predicted octanol–water partition coefficient (Wildman–Crippen LogP) is 5.56. The van der Waals surface area contributed by atoms with Gasteiger partial charge >= 0.3 is 0 Å². The van der Waals surface area contributed by atoms with E-state index in [0.29, 0.717) is 31.7 Å². The van der Waals surface area contributed by atoms with Gasteiger partial charge in [0.25, 0.3) is 0 Å². The molecule has 0 spiro atoms. The monoisotopic (exact) mass is 474 g/mol. The molecule has 0 aliphatic rings. The third kappa shape index (κ3) is 7.77. The third-order valence-corrected chi connectivity index (χ3v) is 6.68. The highest BCUT2D eigenvalue weighted by molar-refractivity contribution is 7.99. The van der Waals surface area contributed by atoms with Gasteiger partial charge in [-0.1, -0.05) is 77.9 Å². The fourth-order valence-electron chi connectivity index (χ4n) is 3.89. The number of amides is 2. The molecule has 1 N–H and O–H groups in total. The summed E-state index contributed by atoms with van der Waals surface area (Å²) < 4.78 is 0. The standard InChI is InChI=1S/C29H34N2O2S/c1-4-30-29(33)27(20-24-10-6-5-7-11-24)31(21-25-12-8-9-23(3)19-25)28(32)17-18-34-26-15-13-22(2)14-16-26/h5-16,19,27H,4,17-18,20-21H2,1-3H3,(H,30,33)/t27-/m0/s1. The van der Waals surface area contributed by atoms with Crippen molar-refractivity contribution < 1.29 is 9.59 Å². The van der Waals surface area contributed by atoms with Gasteiger partial charge < -0.3 is 10.2 Å². The maximum Gasteiger partial charge on any atom is 0.243 e. The molecule has 4 nitrogen and oxygen atoms in total. The zero-order chi connectivity index (χ0) is 24.3. The highest BCUT2D eigenvalue weighted by Crippen LogP contribution is 2.21. The molecule has 0 aromatic heterocycles. The highest BCUT2D eigenvalue weighted by Gasteiger charge is 2.29. The van der Waals surface area contributed by atoms with E-state index in [1.54, 1.807) is 16.7 Å². The summed E-state index contributed by atoms with van der Waals surface area (Å²) in [6.07, 6.45) is 0.852. The second kappa shape index (κ2) is 13.0. The van der Waals surface area contributed by atoms with Gasteiger partial charge in [-0.3, -0.25) is 9.59 Å². The molecule has 0 bridgehead atoms. The summed E-state index contributed by atoms with van der Waals surface area (Å²) in [7, 11) is 0. The van der Waals surface area contributed by atoms with E-state index >= 15 is 0 Å². The summed E-state index contributed by atoms with van der Waals surface area (Å²) in [6, 6.07) is 25.8. The average molecular weight is 475 g/mol. The summed E-state index contributed by atoms with van der Waals surface area (Å²) in [5, 5.41) is 2.95. The molecular formula is C29H34N2O2S. The van der Waals surface area contributed by atoms with Crippen molar-refractivity contribution in [3.05, 3.63) is 101 Å². The average Bonchev–Trinajstić information content (AvgIpc) is 2.83. The number of likely N-dealkylation sites (N-methyl/N-ethyl adjacent to an activating group) is 1. The van der Waals surface area contributed by atoms with Crippen molar-refractivity contribution in [1.82, 2.24) is 10.2 Å². The summed E-state index contributed by atoms with van der Waals surface area (Å²) in [5.74, 6) is 0.548. The zero-order valence-electron chi connectivity index (χ0n) is 20.3. The van der Waals surface area contributed by atoms with E-state index in [4.69, 9.17) is 0 Å². The third-order valence-electron chi connectivity index (χ3n) is 5.66. The Balaban J connectivity index is 1.81. The largest absolute Gasteiger partial charge is 0.355 e. The number of benzene rings is 3. The number of carbonyl (C=O) groups is 2. The van der Waals surface area contributed by atoms with Gasteiger partial charge in [0, 0.05) is 36.6 Å². The van der Waals surface area contributed by atoms with Crippen molar-refractivity contribution in [2.45, 2.75) is 51.1 Å². The molecular weight excluding hydrogens is 440 g/mol. The molecule has 2 amide bonds. The van der Waals surface area contributed by atoms with Crippen molar-refractivity contribution in [1.29, 1.82) is 0 Å². The minimum Gasteiger partial charge on any atom is -0.355 e. The Bertz CT molecular complexity index is 1070. The number of carbonyl (C=O) groups excluding carboxylic acids is 2. The first-order valence-electron chi connectivity index (χ1n) is 11.8. The summed E-state index contributed by atoms with van der Waals surface area (Å²) in [5.41, 5.74) is 4.42. The van der Waals surface area contributed by atoms with Crippen LogP contribution < -0.4 is 5.32 Å². The molecule has 3 aromatic rings.